The van der Waals surface area contributed by atoms with Gasteiger partial charge in [-0.3, -0.25) is 9.59 Å². The van der Waals surface area contributed by atoms with Crippen molar-refractivity contribution in [3.63, 3.8) is 0 Å². The van der Waals surface area contributed by atoms with Gasteiger partial charge >= 0.3 is 11.9 Å². The lowest BCUT2D eigenvalue weighted by Gasteiger charge is -2.06. The SMILES string of the molecule is CCCCCCCCCCCCCCOC(=O)CCC(=O)OCCc1ccc(Cl)cc1. The van der Waals surface area contributed by atoms with Crippen LogP contribution < -0.4 is 0 Å². The largest absolute Gasteiger partial charge is 0.466 e. The number of carbonyl (C=O) groups is 2. The Morgan fingerprint density at radius 2 is 1.13 bits per heavy atom. The summed E-state index contributed by atoms with van der Waals surface area (Å²) in [5.41, 5.74) is 1.05. The van der Waals surface area contributed by atoms with E-state index in [4.69, 9.17) is 21.1 Å². The van der Waals surface area contributed by atoms with Crippen molar-refractivity contribution < 1.29 is 19.1 Å². The molecule has 1 aromatic rings. The van der Waals surface area contributed by atoms with E-state index < -0.39 is 0 Å². The molecule has 1 rings (SSSR count). The fourth-order valence-corrected chi connectivity index (χ4v) is 3.54. The number of benzene rings is 1. The number of hydrogen-bond acceptors (Lipinski definition) is 4. The summed E-state index contributed by atoms with van der Waals surface area (Å²) < 4.78 is 10.4. The predicted molar refractivity (Wildman–Crippen MR) is 127 cm³/mol. The van der Waals surface area contributed by atoms with Crippen LogP contribution in [0.3, 0.4) is 0 Å². The molecule has 0 spiro atoms. The third-order valence-corrected chi connectivity index (χ3v) is 5.61. The first-order valence-corrected chi connectivity index (χ1v) is 12.5. The highest BCUT2D eigenvalue weighted by atomic mass is 35.5. The van der Waals surface area contributed by atoms with E-state index in [-0.39, 0.29) is 24.8 Å². The van der Waals surface area contributed by atoms with E-state index in [2.05, 4.69) is 6.92 Å². The summed E-state index contributed by atoms with van der Waals surface area (Å²) in [6, 6.07) is 7.43. The minimum absolute atomic E-state index is 0.0674. The zero-order valence-electron chi connectivity index (χ0n) is 19.3. The molecule has 0 atom stereocenters. The Labute approximate surface area is 194 Å². The predicted octanol–water partition coefficient (Wildman–Crippen LogP) is 7.45. The van der Waals surface area contributed by atoms with Crippen molar-refractivity contribution in [2.45, 2.75) is 103 Å². The van der Waals surface area contributed by atoms with Crippen molar-refractivity contribution in [1.29, 1.82) is 0 Å². The summed E-state index contributed by atoms with van der Waals surface area (Å²) in [6.07, 6.45) is 16.1. The summed E-state index contributed by atoms with van der Waals surface area (Å²) in [7, 11) is 0. The van der Waals surface area contributed by atoms with E-state index in [1.807, 2.05) is 24.3 Å². The van der Waals surface area contributed by atoms with Crippen LogP contribution in [0.1, 0.15) is 102 Å². The molecule has 0 saturated heterocycles. The lowest BCUT2D eigenvalue weighted by molar-refractivity contribution is -0.150. The van der Waals surface area contributed by atoms with Crippen LogP contribution >= 0.6 is 11.6 Å². The van der Waals surface area contributed by atoms with Gasteiger partial charge in [-0.15, -0.1) is 0 Å². The van der Waals surface area contributed by atoms with Gasteiger partial charge in [0.15, 0.2) is 0 Å². The molecule has 0 fully saturated rings. The first-order valence-electron chi connectivity index (χ1n) is 12.2. The molecule has 1 aromatic carbocycles. The van der Waals surface area contributed by atoms with Crippen molar-refractivity contribution >= 4 is 23.5 Å². The average Bonchev–Trinajstić information content (AvgIpc) is 2.77. The molecule has 0 aliphatic carbocycles. The van der Waals surface area contributed by atoms with Gasteiger partial charge in [-0.2, -0.15) is 0 Å². The molecule has 31 heavy (non-hydrogen) atoms. The summed E-state index contributed by atoms with van der Waals surface area (Å²) in [5.74, 6) is -0.686. The highest BCUT2D eigenvalue weighted by Gasteiger charge is 2.09. The monoisotopic (exact) mass is 452 g/mol. The molecule has 0 aliphatic heterocycles. The third kappa shape index (κ3) is 16.8. The van der Waals surface area contributed by atoms with Gasteiger partial charge in [-0.25, -0.2) is 0 Å². The fraction of sp³-hybridized carbons (Fsp3) is 0.692. The molecule has 5 heteroatoms. The number of ether oxygens (including phenoxy) is 2. The van der Waals surface area contributed by atoms with Crippen LogP contribution in [-0.4, -0.2) is 25.2 Å². The molecule has 0 saturated carbocycles. The maximum absolute atomic E-state index is 11.7. The van der Waals surface area contributed by atoms with Gasteiger partial charge in [0.2, 0.25) is 0 Å². The number of unbranched alkanes of at least 4 members (excludes halogenated alkanes) is 11. The van der Waals surface area contributed by atoms with Gasteiger partial charge in [-0.05, 0) is 24.1 Å². The van der Waals surface area contributed by atoms with Crippen molar-refractivity contribution in [1.82, 2.24) is 0 Å². The number of hydrogen-bond donors (Lipinski definition) is 0. The van der Waals surface area contributed by atoms with E-state index in [1.165, 1.54) is 64.2 Å². The Kier molecular flexibility index (Phi) is 17.0. The summed E-state index contributed by atoms with van der Waals surface area (Å²) >= 11 is 5.84. The highest BCUT2D eigenvalue weighted by molar-refractivity contribution is 6.30. The molecule has 176 valence electrons. The lowest BCUT2D eigenvalue weighted by Crippen LogP contribution is -2.12. The van der Waals surface area contributed by atoms with Gasteiger partial charge in [0.1, 0.15) is 0 Å². The summed E-state index contributed by atoms with van der Waals surface area (Å²) in [5, 5.41) is 0.683. The number of esters is 2. The lowest BCUT2D eigenvalue weighted by atomic mass is 10.1. The Balaban J connectivity index is 1.86. The second-order valence-corrected chi connectivity index (χ2v) is 8.64. The first kappa shape index (κ1) is 27.5. The van der Waals surface area contributed by atoms with E-state index >= 15 is 0 Å². The van der Waals surface area contributed by atoms with Crippen molar-refractivity contribution in [3.05, 3.63) is 34.9 Å². The molecular weight excluding hydrogens is 412 g/mol. The molecule has 0 aromatic heterocycles. The van der Waals surface area contributed by atoms with Crippen LogP contribution in [0, 0.1) is 0 Å². The molecule has 0 amide bonds. The Morgan fingerprint density at radius 3 is 1.65 bits per heavy atom. The maximum atomic E-state index is 11.7. The van der Waals surface area contributed by atoms with Gasteiger partial charge < -0.3 is 9.47 Å². The van der Waals surface area contributed by atoms with E-state index in [0.29, 0.717) is 24.7 Å². The minimum atomic E-state index is -0.365. The maximum Gasteiger partial charge on any atom is 0.306 e. The Bertz CT molecular complexity index is 586. The summed E-state index contributed by atoms with van der Waals surface area (Å²) in [6.45, 7) is 3.00. The van der Waals surface area contributed by atoms with Crippen LogP contribution in [0.15, 0.2) is 24.3 Å². The first-order chi connectivity index (χ1) is 15.1. The minimum Gasteiger partial charge on any atom is -0.466 e. The van der Waals surface area contributed by atoms with Gasteiger partial charge in [0.05, 0.1) is 26.1 Å². The van der Waals surface area contributed by atoms with Crippen LogP contribution in [0.2, 0.25) is 5.02 Å². The molecule has 0 heterocycles. The molecule has 4 nitrogen and oxygen atoms in total. The Morgan fingerprint density at radius 1 is 0.677 bits per heavy atom. The molecule has 0 unspecified atom stereocenters. The van der Waals surface area contributed by atoms with E-state index in [1.54, 1.807) is 0 Å². The van der Waals surface area contributed by atoms with Crippen LogP contribution in [0.4, 0.5) is 0 Å². The zero-order chi connectivity index (χ0) is 22.6. The molecule has 0 aliphatic rings. The van der Waals surface area contributed by atoms with E-state index in [9.17, 15) is 9.59 Å². The quantitative estimate of drug-likeness (QED) is 0.161. The molecule has 0 radical (unpaired) electrons. The van der Waals surface area contributed by atoms with Gasteiger partial charge in [0.25, 0.3) is 0 Å². The Hall–Kier alpha value is -1.55. The van der Waals surface area contributed by atoms with Crippen molar-refractivity contribution in [2.24, 2.45) is 0 Å². The van der Waals surface area contributed by atoms with Crippen LogP contribution in [0.5, 0.6) is 0 Å². The van der Waals surface area contributed by atoms with Gasteiger partial charge in [0, 0.05) is 11.4 Å². The normalized spacial score (nSPS) is 10.8. The topological polar surface area (TPSA) is 52.6 Å². The third-order valence-electron chi connectivity index (χ3n) is 5.36. The fourth-order valence-electron chi connectivity index (χ4n) is 3.41. The summed E-state index contributed by atoms with van der Waals surface area (Å²) in [4.78, 5) is 23.5. The van der Waals surface area contributed by atoms with Crippen molar-refractivity contribution in [3.8, 4) is 0 Å². The zero-order valence-corrected chi connectivity index (χ0v) is 20.1. The second kappa shape index (κ2) is 19.2. The number of halogens is 1. The molecule has 0 bridgehead atoms. The van der Waals surface area contributed by atoms with Crippen molar-refractivity contribution in [2.75, 3.05) is 13.2 Å². The average molecular weight is 453 g/mol. The number of rotatable bonds is 19. The van der Waals surface area contributed by atoms with E-state index in [0.717, 1.165) is 18.4 Å². The molecule has 0 N–H and O–H groups in total. The highest BCUT2D eigenvalue weighted by Crippen LogP contribution is 2.12. The second-order valence-electron chi connectivity index (χ2n) is 8.21. The smallest absolute Gasteiger partial charge is 0.306 e. The van der Waals surface area contributed by atoms with Crippen LogP contribution in [-0.2, 0) is 25.5 Å². The number of carbonyl (C=O) groups excluding carboxylic acids is 2. The van der Waals surface area contributed by atoms with Crippen LogP contribution in [0.25, 0.3) is 0 Å². The van der Waals surface area contributed by atoms with Gasteiger partial charge in [-0.1, -0.05) is 101 Å². The standard InChI is InChI=1S/C26H41ClO4/c1-2-3-4-5-6-7-8-9-10-11-12-13-21-30-25(28)18-19-26(29)31-22-20-23-14-16-24(27)17-15-23/h14-17H,2-13,18-22H2,1H3. The molecular formula is C26H41ClO4.